The van der Waals surface area contributed by atoms with Crippen molar-refractivity contribution in [1.29, 1.82) is 5.26 Å². The van der Waals surface area contributed by atoms with Crippen LogP contribution in [0.15, 0.2) is 18.2 Å². The van der Waals surface area contributed by atoms with Crippen molar-refractivity contribution in [1.82, 2.24) is 0 Å². The molecule has 0 aromatic heterocycles. The summed E-state index contributed by atoms with van der Waals surface area (Å²) in [5, 5.41) is 13.3. The average Bonchev–Trinajstić information content (AvgIpc) is 2.53. The lowest BCUT2D eigenvalue weighted by Gasteiger charge is -2.09. The zero-order valence-electron chi connectivity index (χ0n) is 11.6. The average molecular weight is 305 g/mol. The Balaban J connectivity index is 3.01. The van der Waals surface area contributed by atoms with Gasteiger partial charge in [0.2, 0.25) is 0 Å². The van der Waals surface area contributed by atoms with Crippen LogP contribution in [0.3, 0.4) is 0 Å². The minimum atomic E-state index is -1.15. The van der Waals surface area contributed by atoms with Crippen molar-refractivity contribution in [3.05, 3.63) is 23.8 Å². The molecule has 0 aliphatic rings. The molecule has 0 spiro atoms. The SMILES string of the molecule is COC(=O)C(=O)Nc1ccc(C#N)c(NC(=O)C(=O)OC)c1. The Morgan fingerprint density at radius 3 is 2.05 bits per heavy atom. The van der Waals surface area contributed by atoms with Crippen LogP contribution in [0.25, 0.3) is 0 Å². The summed E-state index contributed by atoms with van der Waals surface area (Å²) < 4.78 is 8.47. The van der Waals surface area contributed by atoms with E-state index in [2.05, 4.69) is 20.1 Å². The second kappa shape index (κ2) is 7.39. The molecule has 9 heteroatoms. The first-order valence-electron chi connectivity index (χ1n) is 5.75. The van der Waals surface area contributed by atoms with Crippen molar-refractivity contribution in [2.24, 2.45) is 0 Å². The number of hydrogen-bond acceptors (Lipinski definition) is 7. The normalized spacial score (nSPS) is 9.14. The molecule has 0 bridgehead atoms. The van der Waals surface area contributed by atoms with Crippen LogP contribution in [0.4, 0.5) is 11.4 Å². The van der Waals surface area contributed by atoms with E-state index >= 15 is 0 Å². The molecule has 9 nitrogen and oxygen atoms in total. The van der Waals surface area contributed by atoms with Crippen molar-refractivity contribution in [3.63, 3.8) is 0 Å². The van der Waals surface area contributed by atoms with Crippen LogP contribution in [0, 0.1) is 11.3 Å². The minimum Gasteiger partial charge on any atom is -0.462 e. The molecule has 22 heavy (non-hydrogen) atoms. The highest BCUT2D eigenvalue weighted by Gasteiger charge is 2.18. The Hall–Kier alpha value is -3.41. The lowest BCUT2D eigenvalue weighted by Crippen LogP contribution is -2.25. The summed E-state index contributed by atoms with van der Waals surface area (Å²) in [5.41, 5.74) is 0.142. The molecule has 1 rings (SSSR count). The van der Waals surface area contributed by atoms with Gasteiger partial charge in [0.25, 0.3) is 0 Å². The smallest absolute Gasteiger partial charge is 0.396 e. The van der Waals surface area contributed by atoms with Gasteiger partial charge in [0.1, 0.15) is 6.07 Å². The number of anilines is 2. The quantitative estimate of drug-likeness (QED) is 0.569. The van der Waals surface area contributed by atoms with E-state index in [0.29, 0.717) is 0 Å². The molecule has 0 aliphatic carbocycles. The van der Waals surface area contributed by atoms with Gasteiger partial charge in [0.15, 0.2) is 0 Å². The van der Waals surface area contributed by atoms with Crippen molar-refractivity contribution in [2.45, 2.75) is 0 Å². The number of carbonyl (C=O) groups excluding carboxylic acids is 4. The Morgan fingerprint density at radius 1 is 1.00 bits per heavy atom. The van der Waals surface area contributed by atoms with Crippen LogP contribution in [-0.2, 0) is 28.7 Å². The fraction of sp³-hybridized carbons (Fsp3) is 0.154. The first kappa shape index (κ1) is 16.6. The van der Waals surface area contributed by atoms with Crippen LogP contribution in [0.1, 0.15) is 5.56 Å². The predicted octanol–water partition coefficient (Wildman–Crippen LogP) is -0.219. The van der Waals surface area contributed by atoms with E-state index in [9.17, 15) is 19.2 Å². The molecular weight excluding hydrogens is 294 g/mol. The molecule has 2 amide bonds. The summed E-state index contributed by atoms with van der Waals surface area (Å²) >= 11 is 0. The summed E-state index contributed by atoms with van der Waals surface area (Å²) in [4.78, 5) is 44.9. The summed E-state index contributed by atoms with van der Waals surface area (Å²) in [6.45, 7) is 0. The van der Waals surface area contributed by atoms with E-state index in [4.69, 9.17) is 5.26 Å². The third-order valence-corrected chi connectivity index (χ3v) is 2.39. The zero-order chi connectivity index (χ0) is 16.7. The molecule has 2 N–H and O–H groups in total. The highest BCUT2D eigenvalue weighted by atomic mass is 16.5. The third kappa shape index (κ3) is 4.04. The van der Waals surface area contributed by atoms with Crippen LogP contribution >= 0.6 is 0 Å². The highest BCUT2D eigenvalue weighted by molar-refractivity contribution is 6.38. The Bertz CT molecular complexity index is 677. The fourth-order valence-electron chi connectivity index (χ4n) is 1.36. The number of ether oxygens (including phenoxy) is 2. The number of nitrogens with one attached hydrogen (secondary N) is 2. The molecule has 0 saturated heterocycles. The molecule has 0 aliphatic heterocycles. The van der Waals surface area contributed by atoms with Crippen LogP contribution in [0.2, 0.25) is 0 Å². The molecule has 0 unspecified atom stereocenters. The summed E-state index contributed by atoms with van der Waals surface area (Å²) in [6.07, 6.45) is 0. The second-order valence-electron chi connectivity index (χ2n) is 3.76. The van der Waals surface area contributed by atoms with Crippen molar-refractivity contribution < 1.29 is 28.7 Å². The fourth-order valence-corrected chi connectivity index (χ4v) is 1.36. The van der Waals surface area contributed by atoms with Gasteiger partial charge in [-0.25, -0.2) is 9.59 Å². The third-order valence-electron chi connectivity index (χ3n) is 2.39. The predicted molar refractivity (Wildman–Crippen MR) is 72.4 cm³/mol. The number of esters is 2. The lowest BCUT2D eigenvalue weighted by molar-refractivity contribution is -0.150. The standard InChI is InChI=1S/C13H11N3O6/c1-21-12(19)10(17)15-8-4-3-7(6-14)9(5-8)16-11(18)13(20)22-2/h3-5H,1-2H3,(H,15,17)(H,16,18). The first-order valence-corrected chi connectivity index (χ1v) is 5.75. The molecule has 0 heterocycles. The molecular formula is C13H11N3O6. The second-order valence-corrected chi connectivity index (χ2v) is 3.76. The van der Waals surface area contributed by atoms with Crippen molar-refractivity contribution >= 4 is 35.1 Å². The van der Waals surface area contributed by atoms with Gasteiger partial charge < -0.3 is 20.1 Å². The Labute approximate surface area is 124 Å². The number of carbonyl (C=O) groups is 4. The van der Waals surface area contributed by atoms with E-state index in [1.54, 1.807) is 6.07 Å². The Morgan fingerprint density at radius 2 is 1.55 bits per heavy atom. The van der Waals surface area contributed by atoms with Crippen LogP contribution in [0.5, 0.6) is 0 Å². The van der Waals surface area contributed by atoms with Gasteiger partial charge in [-0.1, -0.05) is 0 Å². The van der Waals surface area contributed by atoms with Crippen LogP contribution < -0.4 is 10.6 Å². The maximum atomic E-state index is 11.4. The van der Waals surface area contributed by atoms with Gasteiger partial charge in [0.05, 0.1) is 25.5 Å². The lowest BCUT2D eigenvalue weighted by atomic mass is 10.1. The van der Waals surface area contributed by atoms with Gasteiger partial charge in [-0.2, -0.15) is 5.26 Å². The number of nitrogens with zero attached hydrogens (tertiary/aromatic N) is 1. The molecule has 114 valence electrons. The van der Waals surface area contributed by atoms with E-state index in [0.717, 1.165) is 14.2 Å². The molecule has 0 saturated carbocycles. The van der Waals surface area contributed by atoms with Gasteiger partial charge in [0, 0.05) is 5.69 Å². The molecule has 0 fully saturated rings. The van der Waals surface area contributed by atoms with E-state index < -0.39 is 23.8 Å². The monoisotopic (exact) mass is 305 g/mol. The number of nitriles is 1. The van der Waals surface area contributed by atoms with E-state index in [1.807, 2.05) is 0 Å². The summed E-state index contributed by atoms with van der Waals surface area (Å²) in [6, 6.07) is 5.64. The van der Waals surface area contributed by atoms with Gasteiger partial charge in [-0.3, -0.25) is 9.59 Å². The Kier molecular flexibility index (Phi) is 5.59. The van der Waals surface area contributed by atoms with E-state index in [1.165, 1.54) is 18.2 Å². The molecule has 1 aromatic carbocycles. The topological polar surface area (TPSA) is 135 Å². The summed E-state index contributed by atoms with van der Waals surface area (Å²) in [7, 11) is 2.07. The van der Waals surface area contributed by atoms with Gasteiger partial charge in [-0.05, 0) is 18.2 Å². The maximum absolute atomic E-state index is 11.4. The first-order chi connectivity index (χ1) is 10.4. The van der Waals surface area contributed by atoms with Crippen molar-refractivity contribution in [2.75, 3.05) is 24.9 Å². The van der Waals surface area contributed by atoms with E-state index in [-0.39, 0.29) is 16.9 Å². The number of benzene rings is 1. The largest absolute Gasteiger partial charge is 0.462 e. The number of methoxy groups -OCH3 is 2. The number of amides is 2. The van der Waals surface area contributed by atoms with Gasteiger partial charge in [-0.15, -0.1) is 0 Å². The maximum Gasteiger partial charge on any atom is 0.396 e. The highest BCUT2D eigenvalue weighted by Crippen LogP contribution is 2.20. The van der Waals surface area contributed by atoms with Crippen LogP contribution in [-0.4, -0.2) is 38.0 Å². The molecule has 1 aromatic rings. The number of rotatable bonds is 2. The molecule has 0 radical (unpaired) electrons. The molecule has 0 atom stereocenters. The summed E-state index contributed by atoms with van der Waals surface area (Å²) in [5.74, 6) is -4.37. The zero-order valence-corrected chi connectivity index (χ0v) is 11.6. The number of hydrogen-bond donors (Lipinski definition) is 2. The van der Waals surface area contributed by atoms with Crippen molar-refractivity contribution in [3.8, 4) is 6.07 Å². The minimum absolute atomic E-state index is 0.0273. The van der Waals surface area contributed by atoms with Gasteiger partial charge >= 0.3 is 23.8 Å².